The van der Waals surface area contributed by atoms with Crippen molar-refractivity contribution < 1.29 is 0 Å². The number of nitrogens with one attached hydrogen (secondary N) is 1. The molecule has 94 valence electrons. The van der Waals surface area contributed by atoms with Crippen molar-refractivity contribution in [2.45, 2.75) is 45.1 Å². The second-order valence-corrected chi connectivity index (χ2v) is 6.76. The van der Waals surface area contributed by atoms with Gasteiger partial charge in [-0.1, -0.05) is 48.8 Å². The van der Waals surface area contributed by atoms with Crippen LogP contribution in [0.15, 0.2) is 28.7 Å². The van der Waals surface area contributed by atoms with Gasteiger partial charge in [0.05, 0.1) is 0 Å². The summed E-state index contributed by atoms with van der Waals surface area (Å²) < 4.78 is 1.19. The summed E-state index contributed by atoms with van der Waals surface area (Å²) in [7, 11) is 0. The molecule has 1 aliphatic rings. The second-order valence-electron chi connectivity index (χ2n) is 5.84. The Labute approximate surface area is 113 Å². The van der Waals surface area contributed by atoms with E-state index in [0.717, 1.165) is 12.5 Å². The fourth-order valence-corrected chi connectivity index (χ4v) is 3.37. The highest BCUT2D eigenvalue weighted by Crippen LogP contribution is 2.47. The summed E-state index contributed by atoms with van der Waals surface area (Å²) in [6.07, 6.45) is 2.62. The summed E-state index contributed by atoms with van der Waals surface area (Å²) in [6, 6.07) is 9.39. The van der Waals surface area contributed by atoms with Crippen LogP contribution < -0.4 is 5.32 Å². The highest BCUT2D eigenvalue weighted by molar-refractivity contribution is 9.10. The number of hydrogen-bond donors (Lipinski definition) is 1. The predicted octanol–water partition coefficient (Wildman–Crippen LogP) is 4.11. The second kappa shape index (κ2) is 5.11. The molecule has 0 unspecified atom stereocenters. The van der Waals surface area contributed by atoms with E-state index in [1.54, 1.807) is 0 Å². The van der Waals surface area contributed by atoms with Gasteiger partial charge in [0, 0.05) is 22.5 Å². The SMILES string of the molecule is CC1CC(CNC(C)C)(c2cccc(Br)c2)C1. The highest BCUT2D eigenvalue weighted by Gasteiger charge is 2.43. The van der Waals surface area contributed by atoms with E-state index in [4.69, 9.17) is 0 Å². The summed E-state index contributed by atoms with van der Waals surface area (Å²) in [5, 5.41) is 3.61. The molecule has 1 aliphatic carbocycles. The van der Waals surface area contributed by atoms with E-state index in [-0.39, 0.29) is 0 Å². The molecule has 1 nitrogen and oxygen atoms in total. The Hall–Kier alpha value is -0.340. The first-order valence-corrected chi connectivity index (χ1v) is 7.30. The normalized spacial score (nSPS) is 28.2. The summed E-state index contributed by atoms with van der Waals surface area (Å²) in [5.41, 5.74) is 1.85. The van der Waals surface area contributed by atoms with Crippen molar-refractivity contribution in [1.82, 2.24) is 5.32 Å². The number of hydrogen-bond acceptors (Lipinski definition) is 1. The summed E-state index contributed by atoms with van der Waals surface area (Å²) in [4.78, 5) is 0. The lowest BCUT2D eigenvalue weighted by atomic mass is 9.59. The first kappa shape index (κ1) is 13.1. The Balaban J connectivity index is 2.17. The zero-order valence-electron chi connectivity index (χ0n) is 11.0. The number of rotatable bonds is 4. The topological polar surface area (TPSA) is 12.0 Å². The first-order chi connectivity index (χ1) is 8.02. The lowest BCUT2D eigenvalue weighted by Gasteiger charge is -2.48. The zero-order valence-corrected chi connectivity index (χ0v) is 12.5. The molecule has 1 fully saturated rings. The van der Waals surface area contributed by atoms with Crippen molar-refractivity contribution in [2.75, 3.05) is 6.54 Å². The lowest BCUT2D eigenvalue weighted by molar-refractivity contribution is 0.149. The maximum absolute atomic E-state index is 3.61. The molecule has 2 heteroatoms. The van der Waals surface area contributed by atoms with Gasteiger partial charge in [0.1, 0.15) is 0 Å². The van der Waals surface area contributed by atoms with Crippen molar-refractivity contribution in [1.29, 1.82) is 0 Å². The van der Waals surface area contributed by atoms with Gasteiger partial charge in [0.2, 0.25) is 0 Å². The van der Waals surface area contributed by atoms with E-state index in [1.807, 2.05) is 0 Å². The standard InChI is InChI=1S/C15H22BrN/c1-11(2)17-10-15(8-12(3)9-15)13-5-4-6-14(16)7-13/h4-7,11-12,17H,8-10H2,1-3H3. The van der Waals surface area contributed by atoms with Gasteiger partial charge >= 0.3 is 0 Å². The van der Waals surface area contributed by atoms with Crippen LogP contribution in [0, 0.1) is 5.92 Å². The van der Waals surface area contributed by atoms with Crippen molar-refractivity contribution in [2.24, 2.45) is 5.92 Å². The van der Waals surface area contributed by atoms with Crippen LogP contribution in [0.25, 0.3) is 0 Å². The Morgan fingerprint density at radius 2 is 2.12 bits per heavy atom. The third-order valence-corrected chi connectivity index (χ3v) is 4.26. The minimum Gasteiger partial charge on any atom is -0.314 e. The monoisotopic (exact) mass is 295 g/mol. The van der Waals surface area contributed by atoms with Gasteiger partial charge in [0.25, 0.3) is 0 Å². The van der Waals surface area contributed by atoms with Gasteiger partial charge in [-0.3, -0.25) is 0 Å². The van der Waals surface area contributed by atoms with Crippen molar-refractivity contribution in [3.05, 3.63) is 34.3 Å². The van der Waals surface area contributed by atoms with Crippen LogP contribution in [0.2, 0.25) is 0 Å². The Bertz CT molecular complexity index is 380. The quantitative estimate of drug-likeness (QED) is 0.881. The average Bonchev–Trinajstić information content (AvgIpc) is 2.22. The molecule has 1 N–H and O–H groups in total. The average molecular weight is 296 g/mol. The molecule has 2 rings (SSSR count). The number of halogens is 1. The molecule has 0 atom stereocenters. The predicted molar refractivity (Wildman–Crippen MR) is 77.4 cm³/mol. The molecule has 0 saturated heterocycles. The molecule has 17 heavy (non-hydrogen) atoms. The van der Waals surface area contributed by atoms with Crippen LogP contribution in [0.4, 0.5) is 0 Å². The summed E-state index contributed by atoms with van der Waals surface area (Å²) in [5.74, 6) is 0.864. The molecule has 0 amide bonds. The van der Waals surface area contributed by atoms with E-state index >= 15 is 0 Å². The fraction of sp³-hybridized carbons (Fsp3) is 0.600. The van der Waals surface area contributed by atoms with E-state index in [0.29, 0.717) is 11.5 Å². The van der Waals surface area contributed by atoms with Crippen LogP contribution in [0.5, 0.6) is 0 Å². The molecule has 0 spiro atoms. The minimum absolute atomic E-state index is 0.369. The molecule has 1 aromatic carbocycles. The summed E-state index contributed by atoms with van der Waals surface area (Å²) >= 11 is 3.58. The van der Waals surface area contributed by atoms with Crippen molar-refractivity contribution in [3.63, 3.8) is 0 Å². The van der Waals surface area contributed by atoms with Gasteiger partial charge in [-0.05, 0) is 36.5 Å². The molecule has 0 aromatic heterocycles. The van der Waals surface area contributed by atoms with Crippen molar-refractivity contribution >= 4 is 15.9 Å². The van der Waals surface area contributed by atoms with Gasteiger partial charge < -0.3 is 5.32 Å². The molecule has 1 aromatic rings. The molecule has 0 aliphatic heterocycles. The highest BCUT2D eigenvalue weighted by atomic mass is 79.9. The largest absolute Gasteiger partial charge is 0.314 e. The van der Waals surface area contributed by atoms with Crippen LogP contribution in [-0.2, 0) is 5.41 Å². The molecule has 0 heterocycles. The lowest BCUT2D eigenvalue weighted by Crippen LogP contribution is -2.49. The fourth-order valence-electron chi connectivity index (χ4n) is 2.97. The van der Waals surface area contributed by atoms with Gasteiger partial charge in [0.15, 0.2) is 0 Å². The van der Waals surface area contributed by atoms with Crippen LogP contribution >= 0.6 is 15.9 Å². The Morgan fingerprint density at radius 1 is 1.41 bits per heavy atom. The maximum Gasteiger partial charge on any atom is 0.0178 e. The molecule has 1 saturated carbocycles. The molecular weight excluding hydrogens is 274 g/mol. The maximum atomic E-state index is 3.61. The third-order valence-electron chi connectivity index (χ3n) is 3.76. The first-order valence-electron chi connectivity index (χ1n) is 6.51. The van der Waals surface area contributed by atoms with Gasteiger partial charge in [-0.2, -0.15) is 0 Å². The summed E-state index contributed by atoms with van der Waals surface area (Å²) in [6.45, 7) is 7.89. The third kappa shape index (κ3) is 2.92. The van der Waals surface area contributed by atoms with Crippen LogP contribution in [0.3, 0.4) is 0 Å². The Kier molecular flexibility index (Phi) is 3.94. The molecular formula is C15H22BrN. The van der Waals surface area contributed by atoms with Crippen LogP contribution in [0.1, 0.15) is 39.2 Å². The van der Waals surface area contributed by atoms with E-state index < -0.39 is 0 Å². The van der Waals surface area contributed by atoms with Crippen LogP contribution in [-0.4, -0.2) is 12.6 Å². The molecule has 0 bridgehead atoms. The zero-order chi connectivity index (χ0) is 12.5. The Morgan fingerprint density at radius 3 is 2.65 bits per heavy atom. The van der Waals surface area contributed by atoms with E-state index in [9.17, 15) is 0 Å². The van der Waals surface area contributed by atoms with Gasteiger partial charge in [-0.25, -0.2) is 0 Å². The smallest absolute Gasteiger partial charge is 0.0178 e. The van der Waals surface area contributed by atoms with E-state index in [2.05, 4.69) is 66.3 Å². The van der Waals surface area contributed by atoms with E-state index in [1.165, 1.54) is 22.9 Å². The number of benzene rings is 1. The molecule has 0 radical (unpaired) electrons. The van der Waals surface area contributed by atoms with Gasteiger partial charge in [-0.15, -0.1) is 0 Å². The van der Waals surface area contributed by atoms with Crippen molar-refractivity contribution in [3.8, 4) is 0 Å². The minimum atomic E-state index is 0.369.